The molecule has 0 unspecified atom stereocenters. The first kappa shape index (κ1) is 23.5. The second-order valence-electron chi connectivity index (χ2n) is 7.49. The van der Waals surface area contributed by atoms with Gasteiger partial charge in [-0.3, -0.25) is 19.2 Å². The van der Waals surface area contributed by atoms with E-state index in [-0.39, 0.29) is 35.2 Å². The van der Waals surface area contributed by atoms with Gasteiger partial charge in [-0.05, 0) is 24.1 Å². The second-order valence-corrected chi connectivity index (χ2v) is 7.49. The van der Waals surface area contributed by atoms with Crippen molar-refractivity contribution in [2.45, 2.75) is 19.4 Å². The van der Waals surface area contributed by atoms with Crippen molar-refractivity contribution in [2.75, 3.05) is 31.3 Å². The molecular formula is C24H25N3O6. The van der Waals surface area contributed by atoms with E-state index in [2.05, 4.69) is 15.4 Å². The Morgan fingerprint density at radius 2 is 1.70 bits per heavy atom. The first-order chi connectivity index (χ1) is 15.8. The normalized spacial score (nSPS) is 11.6. The Kier molecular flexibility index (Phi) is 7.12. The number of phenols is 1. The minimum absolute atomic E-state index is 0.0113. The van der Waals surface area contributed by atoms with Crippen molar-refractivity contribution in [3.63, 3.8) is 0 Å². The van der Waals surface area contributed by atoms with E-state index >= 15 is 0 Å². The lowest BCUT2D eigenvalue weighted by Crippen LogP contribution is -2.37. The summed E-state index contributed by atoms with van der Waals surface area (Å²) in [5.41, 5.74) is -0.281. The zero-order valence-electron chi connectivity index (χ0n) is 18.5. The molecular weight excluding hydrogens is 426 g/mol. The number of carbonyl (C=O) groups excluding carboxylic acids is 2. The first-order valence-electron chi connectivity index (χ1n) is 10.3. The molecule has 0 saturated heterocycles. The number of esters is 1. The average Bonchev–Trinajstić information content (AvgIpc) is 2.84. The van der Waals surface area contributed by atoms with Crippen LogP contribution < -0.4 is 21.5 Å². The highest BCUT2D eigenvalue weighted by Crippen LogP contribution is 2.33. The van der Waals surface area contributed by atoms with E-state index in [1.54, 1.807) is 0 Å². The van der Waals surface area contributed by atoms with Crippen molar-refractivity contribution < 1.29 is 19.4 Å². The highest BCUT2D eigenvalue weighted by atomic mass is 16.5. The Bertz CT molecular complexity index is 1230. The van der Waals surface area contributed by atoms with Gasteiger partial charge in [0.2, 0.25) is 0 Å². The summed E-state index contributed by atoms with van der Waals surface area (Å²) in [6.07, 6.45) is 0.671. The summed E-state index contributed by atoms with van der Waals surface area (Å²) < 4.78 is 4.55. The van der Waals surface area contributed by atoms with E-state index in [1.807, 2.05) is 37.3 Å². The van der Waals surface area contributed by atoms with Crippen LogP contribution in [-0.2, 0) is 9.53 Å². The summed E-state index contributed by atoms with van der Waals surface area (Å²) >= 11 is 0. The predicted molar refractivity (Wildman–Crippen MR) is 125 cm³/mol. The molecule has 9 nitrogen and oxygen atoms in total. The van der Waals surface area contributed by atoms with Crippen molar-refractivity contribution >= 4 is 28.9 Å². The monoisotopic (exact) mass is 451 g/mol. The van der Waals surface area contributed by atoms with E-state index < -0.39 is 28.5 Å². The van der Waals surface area contributed by atoms with Crippen LogP contribution >= 0.6 is 0 Å². The second kappa shape index (κ2) is 9.99. The Labute approximate surface area is 190 Å². The maximum Gasteiger partial charge on any atom is 0.325 e. The highest BCUT2D eigenvalue weighted by molar-refractivity contribution is 6.00. The highest BCUT2D eigenvalue weighted by Gasteiger charge is 2.26. The molecule has 1 amide bonds. The number of benzene rings is 2. The Balaban J connectivity index is 1.85. The van der Waals surface area contributed by atoms with Crippen molar-refractivity contribution in [2.24, 2.45) is 0 Å². The van der Waals surface area contributed by atoms with Crippen LogP contribution in [0.5, 0.6) is 5.75 Å². The molecule has 0 fully saturated rings. The number of phenolic OH excluding ortho intramolecular Hbond substituents is 1. The number of methoxy groups -OCH3 is 1. The molecule has 172 valence electrons. The number of hydrogen-bond donors (Lipinski definition) is 3. The number of anilines is 3. The largest absolute Gasteiger partial charge is 0.505 e. The number of rotatable bonds is 9. The molecule has 3 N–H and O–H groups in total. The van der Waals surface area contributed by atoms with E-state index in [0.717, 1.165) is 10.5 Å². The molecule has 0 spiro atoms. The Morgan fingerprint density at radius 3 is 2.33 bits per heavy atom. The lowest BCUT2D eigenvalue weighted by molar-refractivity contribution is -0.141. The van der Waals surface area contributed by atoms with Crippen LogP contribution in [0.4, 0.5) is 17.1 Å². The molecule has 0 heterocycles. The summed E-state index contributed by atoms with van der Waals surface area (Å²) in [5.74, 6) is -1.63. The third-order valence-corrected chi connectivity index (χ3v) is 5.31. The van der Waals surface area contributed by atoms with Crippen LogP contribution in [0.2, 0.25) is 0 Å². The molecule has 0 radical (unpaired) electrons. The third-order valence-electron chi connectivity index (χ3n) is 5.31. The number of nitrogens with zero attached hydrogens (tertiary/aromatic N) is 1. The quantitative estimate of drug-likeness (QED) is 0.258. The van der Waals surface area contributed by atoms with E-state index in [1.165, 1.54) is 32.4 Å². The number of aromatic hydroxyl groups is 1. The molecule has 9 heteroatoms. The van der Waals surface area contributed by atoms with Gasteiger partial charge in [-0.15, -0.1) is 0 Å². The van der Waals surface area contributed by atoms with Crippen LogP contribution in [-0.4, -0.2) is 42.6 Å². The minimum atomic E-state index is -0.723. The minimum Gasteiger partial charge on any atom is -0.505 e. The molecule has 3 aromatic rings. The Hall–Kier alpha value is -4.14. The molecule has 3 rings (SSSR count). The van der Waals surface area contributed by atoms with E-state index in [4.69, 9.17) is 0 Å². The van der Waals surface area contributed by atoms with Crippen molar-refractivity contribution in [1.29, 1.82) is 0 Å². The molecule has 0 aliphatic heterocycles. The molecule has 33 heavy (non-hydrogen) atoms. The van der Waals surface area contributed by atoms with E-state index in [9.17, 15) is 24.3 Å². The van der Waals surface area contributed by atoms with Gasteiger partial charge in [0, 0.05) is 7.05 Å². The van der Waals surface area contributed by atoms with Gasteiger partial charge in [-0.2, -0.15) is 0 Å². The molecule has 0 saturated carbocycles. The molecule has 0 aliphatic rings. The fraction of sp³-hybridized carbons (Fsp3) is 0.250. The van der Waals surface area contributed by atoms with Gasteiger partial charge in [-0.25, -0.2) is 0 Å². The summed E-state index contributed by atoms with van der Waals surface area (Å²) in [6.45, 7) is 1.66. The zero-order valence-corrected chi connectivity index (χ0v) is 18.5. The van der Waals surface area contributed by atoms with Crippen LogP contribution in [0, 0.1) is 0 Å². The topological polar surface area (TPSA) is 125 Å². The van der Waals surface area contributed by atoms with Gasteiger partial charge in [0.05, 0.1) is 24.4 Å². The summed E-state index contributed by atoms with van der Waals surface area (Å²) in [4.78, 5) is 49.7. The van der Waals surface area contributed by atoms with Gasteiger partial charge in [0.15, 0.2) is 5.75 Å². The Morgan fingerprint density at radius 1 is 1.03 bits per heavy atom. The summed E-state index contributed by atoms with van der Waals surface area (Å²) in [6, 6.07) is 13.7. The van der Waals surface area contributed by atoms with E-state index in [0.29, 0.717) is 6.42 Å². The molecule has 0 bridgehead atoms. The van der Waals surface area contributed by atoms with Crippen LogP contribution in [0.1, 0.15) is 35.3 Å². The number of amides is 1. The van der Waals surface area contributed by atoms with Crippen LogP contribution in [0.15, 0.2) is 58.1 Å². The third kappa shape index (κ3) is 4.87. The summed E-state index contributed by atoms with van der Waals surface area (Å²) in [7, 11) is 2.60. The van der Waals surface area contributed by atoms with Crippen molar-refractivity contribution in [3.05, 3.63) is 80.1 Å². The maximum absolute atomic E-state index is 12.6. The number of para-hydroxylation sites is 1. The van der Waals surface area contributed by atoms with Gasteiger partial charge in [0.1, 0.15) is 17.9 Å². The lowest BCUT2D eigenvalue weighted by Gasteiger charge is -2.22. The zero-order chi connectivity index (χ0) is 24.1. The molecule has 0 aromatic heterocycles. The first-order valence-corrected chi connectivity index (χ1v) is 10.3. The van der Waals surface area contributed by atoms with Gasteiger partial charge in [-0.1, -0.05) is 43.3 Å². The maximum atomic E-state index is 12.6. The number of nitrogens with one attached hydrogen (secondary N) is 2. The average molecular weight is 451 g/mol. The number of carbonyl (C=O) groups is 2. The smallest absolute Gasteiger partial charge is 0.325 e. The van der Waals surface area contributed by atoms with Crippen molar-refractivity contribution in [3.8, 4) is 5.75 Å². The van der Waals surface area contributed by atoms with Gasteiger partial charge < -0.3 is 25.4 Å². The van der Waals surface area contributed by atoms with Gasteiger partial charge >= 0.3 is 5.97 Å². The molecule has 3 aromatic carbocycles. The predicted octanol–water partition coefficient (Wildman–Crippen LogP) is 2.54. The lowest BCUT2D eigenvalue weighted by atomic mass is 10.0. The fourth-order valence-corrected chi connectivity index (χ4v) is 3.42. The fourth-order valence-electron chi connectivity index (χ4n) is 3.42. The standard InChI is InChI=1S/C24H25N3O6/c1-4-16(14-9-6-5-7-10-14)25-19-20(23(31)22(19)30)26-17-12-8-11-15(21(17)29)24(32)27(2)13-18(28)33-3/h5-12,16,25-26,29H,4,13H2,1-3H3/t16-/m1/s1. The SMILES string of the molecule is CC[C@@H](Nc1c(Nc2cccc(C(=O)N(C)CC(=O)OC)c2O)c(=O)c1=O)c1ccccc1. The summed E-state index contributed by atoms with van der Waals surface area (Å²) in [5, 5.41) is 16.5. The van der Waals surface area contributed by atoms with Crippen molar-refractivity contribution in [1.82, 2.24) is 4.90 Å². The number of ether oxygens (including phenoxy) is 1. The molecule has 1 atom stereocenters. The van der Waals surface area contributed by atoms with Crippen LogP contribution in [0.25, 0.3) is 0 Å². The van der Waals surface area contributed by atoms with Crippen LogP contribution in [0.3, 0.4) is 0 Å². The number of likely N-dealkylation sites (N-methyl/N-ethyl adjacent to an activating group) is 1. The molecule has 0 aliphatic carbocycles. The van der Waals surface area contributed by atoms with Gasteiger partial charge in [0.25, 0.3) is 16.8 Å². The number of hydrogen-bond acceptors (Lipinski definition) is 8.